The Morgan fingerprint density at radius 2 is 1.50 bits per heavy atom. The lowest BCUT2D eigenvalue weighted by atomic mass is 9.97. The van der Waals surface area contributed by atoms with Gasteiger partial charge in [0.05, 0.1) is 0 Å². The summed E-state index contributed by atoms with van der Waals surface area (Å²) in [4.78, 5) is 23.4. The van der Waals surface area contributed by atoms with Crippen molar-refractivity contribution in [3.8, 4) is 0 Å². The molecule has 0 aliphatic carbocycles. The highest BCUT2D eigenvalue weighted by molar-refractivity contribution is 5.86. The molecular formula is C20H32N2O4. The second kappa shape index (κ2) is 10.3. The molecule has 0 spiro atoms. The maximum atomic E-state index is 12.1. The second-order valence-electron chi connectivity index (χ2n) is 7.76. The molecule has 1 aromatic rings. The average Bonchev–Trinajstić information content (AvgIpc) is 2.54. The summed E-state index contributed by atoms with van der Waals surface area (Å²) in [5.41, 5.74) is 8.12. The molecule has 0 aliphatic heterocycles. The molecule has 26 heavy (non-hydrogen) atoms. The minimum Gasteiger partial charge on any atom is -0.480 e. The number of aliphatic carboxylic acids is 1. The summed E-state index contributed by atoms with van der Waals surface area (Å²) in [5.74, 6) is -1.19. The third-order valence-electron chi connectivity index (χ3n) is 4.13. The maximum Gasteiger partial charge on any atom is 0.326 e. The van der Waals surface area contributed by atoms with Crippen LogP contribution in [0.3, 0.4) is 0 Å². The molecule has 5 N–H and O–H groups in total. The highest BCUT2D eigenvalue weighted by Gasteiger charge is 2.28. The Hall–Kier alpha value is -1.92. The van der Waals surface area contributed by atoms with E-state index in [9.17, 15) is 19.8 Å². The van der Waals surface area contributed by atoms with Gasteiger partial charge in [0.1, 0.15) is 12.1 Å². The number of nitrogens with two attached hydrogens (primary N) is 1. The lowest BCUT2D eigenvalue weighted by Gasteiger charge is -2.22. The van der Waals surface area contributed by atoms with Gasteiger partial charge in [-0.2, -0.15) is 0 Å². The number of hydrogen-bond acceptors (Lipinski definition) is 4. The zero-order chi connectivity index (χ0) is 19.9. The van der Waals surface area contributed by atoms with Gasteiger partial charge >= 0.3 is 5.97 Å². The normalized spacial score (nSPS) is 14.9. The number of carbonyl (C=O) groups is 2. The SMILES string of the molecule is CC(C)Cc1ccc(CC(N)C(O)C(=O)N[C@@H](CC(C)C)C(=O)O)cc1. The first-order valence-electron chi connectivity index (χ1n) is 9.14. The molecule has 0 heterocycles. The van der Waals surface area contributed by atoms with E-state index in [-0.39, 0.29) is 5.92 Å². The number of rotatable bonds is 10. The van der Waals surface area contributed by atoms with Gasteiger partial charge in [0.25, 0.3) is 5.91 Å². The number of aliphatic hydroxyl groups is 1. The van der Waals surface area contributed by atoms with Crippen LogP contribution in [0.15, 0.2) is 24.3 Å². The Balaban J connectivity index is 2.63. The highest BCUT2D eigenvalue weighted by atomic mass is 16.4. The van der Waals surface area contributed by atoms with E-state index in [2.05, 4.69) is 19.2 Å². The third-order valence-corrected chi connectivity index (χ3v) is 4.13. The fourth-order valence-corrected chi connectivity index (χ4v) is 2.81. The summed E-state index contributed by atoms with van der Waals surface area (Å²) in [6, 6.07) is 6.11. The molecule has 0 bridgehead atoms. The van der Waals surface area contributed by atoms with Crippen molar-refractivity contribution in [3.63, 3.8) is 0 Å². The number of aliphatic hydroxyl groups excluding tert-OH is 1. The first-order valence-corrected chi connectivity index (χ1v) is 9.14. The summed E-state index contributed by atoms with van der Waals surface area (Å²) in [7, 11) is 0. The number of carbonyl (C=O) groups excluding carboxylic acids is 1. The van der Waals surface area contributed by atoms with E-state index in [1.165, 1.54) is 5.56 Å². The van der Waals surface area contributed by atoms with Crippen molar-refractivity contribution < 1.29 is 19.8 Å². The monoisotopic (exact) mass is 364 g/mol. The van der Waals surface area contributed by atoms with Crippen molar-refractivity contribution in [2.24, 2.45) is 17.6 Å². The van der Waals surface area contributed by atoms with Gasteiger partial charge in [-0.25, -0.2) is 4.79 Å². The van der Waals surface area contributed by atoms with Crippen molar-refractivity contribution >= 4 is 11.9 Å². The van der Waals surface area contributed by atoms with Crippen LogP contribution in [0.2, 0.25) is 0 Å². The van der Waals surface area contributed by atoms with Gasteiger partial charge in [-0.1, -0.05) is 52.0 Å². The smallest absolute Gasteiger partial charge is 0.326 e. The second-order valence-corrected chi connectivity index (χ2v) is 7.76. The minimum atomic E-state index is -1.46. The fraction of sp³-hybridized carbons (Fsp3) is 0.600. The molecule has 0 aromatic heterocycles. The van der Waals surface area contributed by atoms with Crippen LogP contribution in [-0.4, -0.2) is 40.3 Å². The van der Waals surface area contributed by atoms with Crippen LogP contribution in [0.5, 0.6) is 0 Å². The summed E-state index contributed by atoms with van der Waals surface area (Å²) >= 11 is 0. The van der Waals surface area contributed by atoms with Gasteiger partial charge in [-0.3, -0.25) is 4.79 Å². The van der Waals surface area contributed by atoms with Crippen LogP contribution in [0.1, 0.15) is 45.2 Å². The van der Waals surface area contributed by atoms with Crippen LogP contribution < -0.4 is 11.1 Å². The number of carboxylic acid groups (broad SMARTS) is 1. The lowest BCUT2D eigenvalue weighted by Crippen LogP contribution is -2.52. The Morgan fingerprint density at radius 1 is 1.00 bits per heavy atom. The predicted octanol–water partition coefficient (Wildman–Crippen LogP) is 1.73. The quantitative estimate of drug-likeness (QED) is 0.505. The van der Waals surface area contributed by atoms with Gasteiger partial charge in [-0.15, -0.1) is 0 Å². The Kier molecular flexibility index (Phi) is 8.75. The molecule has 146 valence electrons. The molecule has 1 amide bonds. The Labute approximate surface area is 155 Å². The highest BCUT2D eigenvalue weighted by Crippen LogP contribution is 2.12. The summed E-state index contributed by atoms with van der Waals surface area (Å²) in [6.07, 6.45) is 0.155. The molecule has 6 heteroatoms. The Morgan fingerprint density at radius 3 is 1.92 bits per heavy atom. The molecular weight excluding hydrogens is 332 g/mol. The van der Waals surface area contributed by atoms with E-state index in [0.717, 1.165) is 12.0 Å². The van der Waals surface area contributed by atoms with Crippen molar-refractivity contribution in [2.75, 3.05) is 0 Å². The number of benzene rings is 1. The van der Waals surface area contributed by atoms with E-state index in [1.807, 2.05) is 38.1 Å². The Bertz CT molecular complexity index is 584. The molecule has 0 radical (unpaired) electrons. The van der Waals surface area contributed by atoms with Gasteiger partial charge in [0, 0.05) is 6.04 Å². The number of amides is 1. The van der Waals surface area contributed by atoms with Crippen LogP contribution in [-0.2, 0) is 22.4 Å². The first-order chi connectivity index (χ1) is 12.1. The zero-order valence-electron chi connectivity index (χ0n) is 16.1. The van der Waals surface area contributed by atoms with E-state index in [1.54, 1.807) is 0 Å². The minimum absolute atomic E-state index is 0.103. The summed E-state index contributed by atoms with van der Waals surface area (Å²) in [6.45, 7) is 8.05. The average molecular weight is 364 g/mol. The molecule has 1 rings (SSSR count). The standard InChI is InChI=1S/C20H32N2O4/c1-12(2)9-14-5-7-15(8-6-14)11-16(21)18(23)19(24)22-17(20(25)26)10-13(3)4/h5-8,12-13,16-18,23H,9-11,21H2,1-4H3,(H,22,24)(H,25,26)/t16?,17-,18?/m0/s1. The topological polar surface area (TPSA) is 113 Å². The van der Waals surface area contributed by atoms with Crippen molar-refractivity contribution in [1.29, 1.82) is 0 Å². The van der Waals surface area contributed by atoms with Crippen LogP contribution >= 0.6 is 0 Å². The molecule has 0 saturated heterocycles. The van der Waals surface area contributed by atoms with Crippen molar-refractivity contribution in [1.82, 2.24) is 5.32 Å². The number of carboxylic acids is 1. The predicted molar refractivity (Wildman–Crippen MR) is 102 cm³/mol. The fourth-order valence-electron chi connectivity index (χ4n) is 2.81. The van der Waals surface area contributed by atoms with E-state index >= 15 is 0 Å². The van der Waals surface area contributed by atoms with Crippen LogP contribution in [0.4, 0.5) is 0 Å². The molecule has 6 nitrogen and oxygen atoms in total. The molecule has 0 aliphatic rings. The van der Waals surface area contributed by atoms with E-state index in [4.69, 9.17) is 5.73 Å². The summed E-state index contributed by atoms with van der Waals surface area (Å²) < 4.78 is 0. The largest absolute Gasteiger partial charge is 0.480 e. The van der Waals surface area contributed by atoms with Gasteiger partial charge in [-0.05, 0) is 42.2 Å². The number of hydrogen-bond donors (Lipinski definition) is 4. The van der Waals surface area contributed by atoms with Crippen LogP contribution in [0, 0.1) is 11.8 Å². The molecule has 2 unspecified atom stereocenters. The maximum absolute atomic E-state index is 12.1. The van der Waals surface area contributed by atoms with Gasteiger partial charge < -0.3 is 21.3 Å². The first kappa shape index (κ1) is 22.1. The molecule has 3 atom stereocenters. The van der Waals surface area contributed by atoms with Gasteiger partial charge in [0.2, 0.25) is 0 Å². The van der Waals surface area contributed by atoms with Gasteiger partial charge in [0.15, 0.2) is 0 Å². The molecule has 0 saturated carbocycles. The van der Waals surface area contributed by atoms with Crippen molar-refractivity contribution in [2.45, 2.75) is 65.1 Å². The molecule has 0 fully saturated rings. The third kappa shape index (κ3) is 7.54. The van der Waals surface area contributed by atoms with E-state index in [0.29, 0.717) is 18.8 Å². The zero-order valence-corrected chi connectivity index (χ0v) is 16.1. The van der Waals surface area contributed by atoms with Crippen LogP contribution in [0.25, 0.3) is 0 Å². The van der Waals surface area contributed by atoms with Crippen molar-refractivity contribution in [3.05, 3.63) is 35.4 Å². The summed E-state index contributed by atoms with van der Waals surface area (Å²) in [5, 5.41) is 21.7. The van der Waals surface area contributed by atoms with E-state index < -0.39 is 30.1 Å². The number of nitrogens with one attached hydrogen (secondary N) is 1. The molecule has 1 aromatic carbocycles. The lowest BCUT2D eigenvalue weighted by molar-refractivity contribution is -0.144.